The lowest BCUT2D eigenvalue weighted by atomic mass is 9.82. The third-order valence-electron chi connectivity index (χ3n) is 8.32. The Bertz CT molecular complexity index is 1340. The van der Waals surface area contributed by atoms with Crippen molar-refractivity contribution in [2.45, 2.75) is 86.1 Å². The minimum absolute atomic E-state index is 0.0524. The fourth-order valence-corrected chi connectivity index (χ4v) is 6.03. The van der Waals surface area contributed by atoms with Crippen LogP contribution in [0.1, 0.15) is 90.1 Å². The van der Waals surface area contributed by atoms with E-state index in [1.165, 1.54) is 32.4 Å². The number of nitrogens with zero attached hydrogens (tertiary/aromatic N) is 4. The monoisotopic (exact) mass is 573 g/mol. The first-order valence-corrected chi connectivity index (χ1v) is 15.9. The molecule has 42 heavy (non-hydrogen) atoms. The predicted molar refractivity (Wildman–Crippen MR) is 174 cm³/mol. The summed E-state index contributed by atoms with van der Waals surface area (Å²) in [4.78, 5) is 35.4. The molecule has 0 unspecified atom stereocenters. The van der Waals surface area contributed by atoms with Crippen LogP contribution in [-0.4, -0.2) is 63.8 Å². The Morgan fingerprint density at radius 1 is 0.929 bits per heavy atom. The van der Waals surface area contributed by atoms with Gasteiger partial charge in [-0.3, -0.25) is 9.59 Å². The Morgan fingerprint density at radius 2 is 1.57 bits per heavy atom. The van der Waals surface area contributed by atoms with Gasteiger partial charge in [-0.1, -0.05) is 40.2 Å². The number of benzene rings is 2. The molecule has 0 aliphatic carbocycles. The first kappa shape index (κ1) is 31.7. The highest BCUT2D eigenvalue weighted by molar-refractivity contribution is 5.94. The van der Waals surface area contributed by atoms with Gasteiger partial charge in [-0.05, 0) is 113 Å². The fourth-order valence-electron chi connectivity index (χ4n) is 6.03. The van der Waals surface area contributed by atoms with Crippen molar-refractivity contribution in [1.82, 2.24) is 19.4 Å². The first-order valence-electron chi connectivity index (χ1n) is 15.9. The molecule has 1 aliphatic rings. The summed E-state index contributed by atoms with van der Waals surface area (Å²) in [5, 5.41) is 3.51. The number of hydrogen-bond acceptors (Lipinski definition) is 5. The largest absolute Gasteiger partial charge is 0.341 e. The zero-order chi connectivity index (χ0) is 30.4. The number of rotatable bonds is 13. The van der Waals surface area contributed by atoms with E-state index in [4.69, 9.17) is 4.98 Å². The number of amides is 1. The Hall–Kier alpha value is -3.19. The molecule has 1 N–H and O–H groups in total. The van der Waals surface area contributed by atoms with Crippen LogP contribution < -0.4 is 5.32 Å². The van der Waals surface area contributed by atoms with Crippen LogP contribution >= 0.6 is 0 Å². The molecule has 1 amide bonds. The number of aryl methyl sites for hydroxylation is 1. The Balaban J connectivity index is 1.66. The number of nitrogens with one attached hydrogen (secondary N) is 1. The zero-order valence-corrected chi connectivity index (χ0v) is 26.9. The molecule has 228 valence electrons. The van der Waals surface area contributed by atoms with Gasteiger partial charge in [-0.2, -0.15) is 0 Å². The number of Topliss-reactive ketones (excluding diaryl/α,β-unsaturated/α-hetero) is 1. The summed E-state index contributed by atoms with van der Waals surface area (Å²) in [6.07, 6.45) is 4.93. The minimum Gasteiger partial charge on any atom is -0.341 e. The molecule has 2 heterocycles. The first-order chi connectivity index (χ1) is 20.0. The summed E-state index contributed by atoms with van der Waals surface area (Å²) < 4.78 is 2.27. The molecule has 1 saturated heterocycles. The van der Waals surface area contributed by atoms with Crippen molar-refractivity contribution in [3.63, 3.8) is 0 Å². The molecule has 7 nitrogen and oxygen atoms in total. The molecule has 0 saturated carbocycles. The van der Waals surface area contributed by atoms with Crippen LogP contribution in [0.15, 0.2) is 42.5 Å². The highest BCUT2D eigenvalue weighted by atomic mass is 16.2. The van der Waals surface area contributed by atoms with E-state index in [1.54, 1.807) is 6.92 Å². The lowest BCUT2D eigenvalue weighted by Gasteiger charge is -2.34. The van der Waals surface area contributed by atoms with Gasteiger partial charge in [0, 0.05) is 30.9 Å². The Kier molecular flexibility index (Phi) is 10.5. The summed E-state index contributed by atoms with van der Waals surface area (Å²) in [7, 11) is 0. The summed E-state index contributed by atoms with van der Waals surface area (Å²) in [6.45, 7) is 20.1. The van der Waals surface area contributed by atoms with Crippen molar-refractivity contribution in [1.29, 1.82) is 0 Å². The normalized spacial score (nSPS) is 14.6. The highest BCUT2D eigenvalue weighted by Gasteiger charge is 2.35. The third-order valence-corrected chi connectivity index (χ3v) is 8.32. The van der Waals surface area contributed by atoms with Crippen molar-refractivity contribution in [2.24, 2.45) is 11.8 Å². The van der Waals surface area contributed by atoms with Crippen LogP contribution in [0.4, 0.5) is 11.6 Å². The van der Waals surface area contributed by atoms with Gasteiger partial charge in [0.05, 0.1) is 16.4 Å². The number of carbonyl (C=O) groups is 2. The Labute approximate surface area is 252 Å². The van der Waals surface area contributed by atoms with Crippen LogP contribution in [0, 0.1) is 11.8 Å². The van der Waals surface area contributed by atoms with E-state index in [2.05, 4.69) is 74.5 Å². The Morgan fingerprint density at radius 3 is 2.17 bits per heavy atom. The molecular weight excluding hydrogens is 522 g/mol. The number of imidazole rings is 1. The van der Waals surface area contributed by atoms with E-state index in [0.29, 0.717) is 17.4 Å². The lowest BCUT2D eigenvalue weighted by Crippen LogP contribution is -2.46. The molecule has 3 aromatic rings. The molecule has 0 radical (unpaired) electrons. The average Bonchev–Trinajstić information content (AvgIpc) is 3.28. The van der Waals surface area contributed by atoms with Crippen LogP contribution in [0.2, 0.25) is 0 Å². The highest BCUT2D eigenvalue weighted by Crippen LogP contribution is 2.32. The van der Waals surface area contributed by atoms with Crippen molar-refractivity contribution in [2.75, 3.05) is 38.0 Å². The molecule has 0 spiro atoms. The zero-order valence-electron chi connectivity index (χ0n) is 26.9. The maximum atomic E-state index is 14.0. The average molecular weight is 574 g/mol. The van der Waals surface area contributed by atoms with E-state index in [0.717, 1.165) is 60.8 Å². The summed E-state index contributed by atoms with van der Waals surface area (Å²) in [5.74, 6) is 1.82. The van der Waals surface area contributed by atoms with Crippen LogP contribution in [0.25, 0.3) is 11.0 Å². The number of aromatic nitrogens is 2. The topological polar surface area (TPSA) is 70.5 Å². The number of ketones is 1. The quantitative estimate of drug-likeness (QED) is 0.218. The van der Waals surface area contributed by atoms with E-state index >= 15 is 0 Å². The smallest absolute Gasteiger partial charge is 0.232 e. The molecule has 1 aromatic heterocycles. The standard InChI is InChI=1S/C35H51N5O2/c1-25(2)23-39(24-26(3)4)33(42)35(6,7)29-14-17-31-32(22-29)40(21-11-20-38-18-9-8-10-19-38)34(37-31)36-30-15-12-28(13-16-30)27(5)41/h12-17,22,25-26H,8-11,18-21,23-24H2,1-7H3,(H,36,37). The number of anilines is 2. The predicted octanol–water partition coefficient (Wildman–Crippen LogP) is 7.28. The van der Waals surface area contributed by atoms with E-state index in [1.807, 2.05) is 29.2 Å². The van der Waals surface area contributed by atoms with Crippen molar-refractivity contribution < 1.29 is 9.59 Å². The van der Waals surface area contributed by atoms with E-state index < -0.39 is 5.41 Å². The van der Waals surface area contributed by atoms with E-state index in [-0.39, 0.29) is 11.7 Å². The van der Waals surface area contributed by atoms with Crippen LogP contribution in [-0.2, 0) is 16.8 Å². The molecule has 1 aliphatic heterocycles. The van der Waals surface area contributed by atoms with Gasteiger partial charge in [-0.15, -0.1) is 0 Å². The number of carbonyl (C=O) groups excluding carboxylic acids is 2. The molecule has 1 fully saturated rings. The molecule has 0 atom stereocenters. The third kappa shape index (κ3) is 7.80. The van der Waals surface area contributed by atoms with Crippen LogP contribution in [0.5, 0.6) is 0 Å². The maximum absolute atomic E-state index is 14.0. The molecule has 0 bridgehead atoms. The number of piperidine rings is 1. The van der Waals surface area contributed by atoms with Gasteiger partial charge in [0.2, 0.25) is 11.9 Å². The second-order valence-electron chi connectivity index (χ2n) is 13.4. The van der Waals surface area contributed by atoms with Gasteiger partial charge in [-0.25, -0.2) is 4.98 Å². The van der Waals surface area contributed by atoms with Gasteiger partial charge >= 0.3 is 0 Å². The molecule has 4 rings (SSSR count). The number of likely N-dealkylation sites (tertiary alicyclic amines) is 1. The van der Waals surface area contributed by atoms with Crippen LogP contribution in [0.3, 0.4) is 0 Å². The van der Waals surface area contributed by atoms with Gasteiger partial charge in [0.25, 0.3) is 0 Å². The fraction of sp³-hybridized carbons (Fsp3) is 0.571. The molecular formula is C35H51N5O2. The number of fused-ring (bicyclic) bond motifs is 1. The van der Waals surface area contributed by atoms with Crippen molar-refractivity contribution in [3.8, 4) is 0 Å². The van der Waals surface area contributed by atoms with E-state index in [9.17, 15) is 9.59 Å². The van der Waals surface area contributed by atoms with Gasteiger partial charge < -0.3 is 19.7 Å². The summed E-state index contributed by atoms with van der Waals surface area (Å²) >= 11 is 0. The molecule has 7 heteroatoms. The number of hydrogen-bond donors (Lipinski definition) is 1. The molecule has 2 aromatic carbocycles. The van der Waals surface area contributed by atoms with Crippen molar-refractivity contribution in [3.05, 3.63) is 53.6 Å². The lowest BCUT2D eigenvalue weighted by molar-refractivity contribution is -0.137. The SMILES string of the molecule is CC(=O)c1ccc(Nc2nc3ccc(C(C)(C)C(=O)N(CC(C)C)CC(C)C)cc3n2CCCN2CCCCC2)cc1. The minimum atomic E-state index is -0.670. The second kappa shape index (κ2) is 13.9. The second-order valence-corrected chi connectivity index (χ2v) is 13.4. The summed E-state index contributed by atoms with van der Waals surface area (Å²) in [6, 6.07) is 13.9. The van der Waals surface area contributed by atoms with Gasteiger partial charge in [0.1, 0.15) is 0 Å². The maximum Gasteiger partial charge on any atom is 0.232 e. The van der Waals surface area contributed by atoms with Gasteiger partial charge in [0.15, 0.2) is 5.78 Å². The summed E-state index contributed by atoms with van der Waals surface area (Å²) in [5.41, 5.74) is 3.86. The van der Waals surface area contributed by atoms with Crippen molar-refractivity contribution >= 4 is 34.4 Å².